The molecule has 0 radical (unpaired) electrons. The molecule has 88 valence electrons. The second-order valence-electron chi connectivity index (χ2n) is 4.35. The number of hydrogen-bond donors (Lipinski definition) is 1. The van der Waals surface area contributed by atoms with Crippen molar-refractivity contribution in [3.8, 4) is 0 Å². The van der Waals surface area contributed by atoms with Gasteiger partial charge in [0, 0.05) is 40.2 Å². The first-order valence-electron chi connectivity index (χ1n) is 5.89. The van der Waals surface area contributed by atoms with Crippen molar-refractivity contribution in [3.05, 3.63) is 0 Å². The summed E-state index contributed by atoms with van der Waals surface area (Å²) >= 11 is 0. The van der Waals surface area contributed by atoms with Crippen LogP contribution in [0.3, 0.4) is 0 Å². The third-order valence-corrected chi connectivity index (χ3v) is 2.70. The van der Waals surface area contributed by atoms with Gasteiger partial charge in [-0.1, -0.05) is 6.42 Å². The summed E-state index contributed by atoms with van der Waals surface area (Å²) in [6.45, 7) is 2.80. The molecule has 0 aromatic heterocycles. The van der Waals surface area contributed by atoms with Crippen molar-refractivity contribution in [2.24, 2.45) is 0 Å². The number of nitrogens with zero attached hydrogens (tertiary/aromatic N) is 2. The third kappa shape index (κ3) is 5.14. The molecule has 0 aliphatic carbocycles. The fraction of sp³-hybridized carbons (Fsp3) is 0.909. The van der Waals surface area contributed by atoms with E-state index in [1.807, 2.05) is 24.0 Å². The van der Waals surface area contributed by atoms with Gasteiger partial charge in [-0.3, -0.25) is 15.2 Å². The van der Waals surface area contributed by atoms with Gasteiger partial charge in [-0.15, -0.1) is 0 Å². The maximum Gasteiger partial charge on any atom is 0.222 e. The number of hydrazine groups is 1. The molecule has 1 heterocycles. The Kier molecular flexibility index (Phi) is 5.65. The molecule has 0 aromatic rings. The lowest BCUT2D eigenvalue weighted by Gasteiger charge is -2.21. The maximum atomic E-state index is 11.6. The van der Waals surface area contributed by atoms with Gasteiger partial charge in [-0.05, 0) is 19.3 Å². The van der Waals surface area contributed by atoms with E-state index in [1.54, 1.807) is 0 Å². The molecule has 0 saturated carbocycles. The number of rotatable bonds is 5. The number of amides is 1. The Bertz CT molecular complexity index is 194. The Hall–Kier alpha value is -0.610. The van der Waals surface area contributed by atoms with Crippen molar-refractivity contribution in [2.45, 2.75) is 32.1 Å². The van der Waals surface area contributed by atoms with Crippen LogP contribution in [0.2, 0.25) is 0 Å². The maximum absolute atomic E-state index is 11.6. The van der Waals surface area contributed by atoms with Gasteiger partial charge >= 0.3 is 0 Å². The van der Waals surface area contributed by atoms with Crippen molar-refractivity contribution in [2.75, 3.05) is 33.7 Å². The highest BCUT2D eigenvalue weighted by Crippen LogP contribution is 2.10. The zero-order valence-electron chi connectivity index (χ0n) is 9.96. The van der Waals surface area contributed by atoms with Crippen LogP contribution in [0.25, 0.3) is 0 Å². The second-order valence-corrected chi connectivity index (χ2v) is 4.35. The molecule has 1 rings (SSSR count). The van der Waals surface area contributed by atoms with Crippen LogP contribution < -0.4 is 5.43 Å². The third-order valence-electron chi connectivity index (χ3n) is 2.70. The topological polar surface area (TPSA) is 35.6 Å². The number of nitrogens with one attached hydrogen (secondary N) is 1. The lowest BCUT2D eigenvalue weighted by Crippen LogP contribution is -2.36. The van der Waals surface area contributed by atoms with E-state index < -0.39 is 0 Å². The first-order valence-corrected chi connectivity index (χ1v) is 5.89. The van der Waals surface area contributed by atoms with E-state index in [4.69, 9.17) is 0 Å². The number of carbonyl (C=O) groups excluding carboxylic acids is 1. The zero-order valence-corrected chi connectivity index (χ0v) is 9.96. The fourth-order valence-electron chi connectivity index (χ4n) is 1.85. The summed E-state index contributed by atoms with van der Waals surface area (Å²) in [6, 6.07) is 0. The van der Waals surface area contributed by atoms with Crippen molar-refractivity contribution in [1.29, 1.82) is 0 Å². The Labute approximate surface area is 92.6 Å². The molecule has 0 atom stereocenters. The van der Waals surface area contributed by atoms with Crippen LogP contribution in [0.15, 0.2) is 0 Å². The Morgan fingerprint density at radius 3 is 2.87 bits per heavy atom. The van der Waals surface area contributed by atoms with Crippen LogP contribution in [-0.2, 0) is 4.79 Å². The number of hydrogen-bond acceptors (Lipinski definition) is 3. The van der Waals surface area contributed by atoms with Gasteiger partial charge in [-0.25, -0.2) is 0 Å². The predicted molar refractivity (Wildman–Crippen MR) is 61.4 cm³/mol. The van der Waals surface area contributed by atoms with E-state index in [-0.39, 0.29) is 0 Å². The molecule has 1 fully saturated rings. The standard InChI is InChI=1S/C11H23N3O/c1-13(2)12-8-6-10-14-9-5-3-4-7-11(14)15/h12H,3-10H2,1-2H3. The highest BCUT2D eigenvalue weighted by atomic mass is 16.2. The monoisotopic (exact) mass is 213 g/mol. The van der Waals surface area contributed by atoms with Crippen LogP contribution in [0.4, 0.5) is 0 Å². The molecule has 0 bridgehead atoms. The van der Waals surface area contributed by atoms with Crippen LogP contribution in [0.1, 0.15) is 32.1 Å². The first-order chi connectivity index (χ1) is 7.20. The smallest absolute Gasteiger partial charge is 0.222 e. The van der Waals surface area contributed by atoms with Gasteiger partial charge < -0.3 is 4.90 Å². The molecule has 0 spiro atoms. The molecule has 1 N–H and O–H groups in total. The summed E-state index contributed by atoms with van der Waals surface area (Å²) in [7, 11) is 3.97. The molecule has 4 nitrogen and oxygen atoms in total. The molecule has 1 amide bonds. The summed E-state index contributed by atoms with van der Waals surface area (Å²) in [5.41, 5.74) is 3.21. The Morgan fingerprint density at radius 1 is 1.33 bits per heavy atom. The molecular weight excluding hydrogens is 190 g/mol. The first kappa shape index (κ1) is 12.5. The summed E-state index contributed by atoms with van der Waals surface area (Å²) in [4.78, 5) is 13.7. The average Bonchev–Trinajstić information content (AvgIpc) is 2.38. The van der Waals surface area contributed by atoms with Gasteiger partial charge in [-0.2, -0.15) is 0 Å². The van der Waals surface area contributed by atoms with Crippen molar-refractivity contribution < 1.29 is 4.79 Å². The highest BCUT2D eigenvalue weighted by Gasteiger charge is 2.15. The molecule has 1 aliphatic rings. The highest BCUT2D eigenvalue weighted by molar-refractivity contribution is 5.76. The molecule has 1 saturated heterocycles. The van der Waals surface area contributed by atoms with Gasteiger partial charge in [0.15, 0.2) is 0 Å². The fourth-order valence-corrected chi connectivity index (χ4v) is 1.85. The summed E-state index contributed by atoms with van der Waals surface area (Å²) in [5, 5.41) is 1.95. The Morgan fingerprint density at radius 2 is 2.13 bits per heavy atom. The van der Waals surface area contributed by atoms with Gasteiger partial charge in [0.25, 0.3) is 0 Å². The van der Waals surface area contributed by atoms with Crippen LogP contribution in [-0.4, -0.2) is 49.5 Å². The molecule has 0 unspecified atom stereocenters. The van der Waals surface area contributed by atoms with Crippen molar-refractivity contribution in [3.63, 3.8) is 0 Å². The average molecular weight is 213 g/mol. The van der Waals surface area contributed by atoms with E-state index >= 15 is 0 Å². The second kappa shape index (κ2) is 6.80. The quantitative estimate of drug-likeness (QED) is 0.543. The van der Waals surface area contributed by atoms with E-state index in [1.165, 1.54) is 12.8 Å². The Balaban J connectivity index is 2.15. The minimum Gasteiger partial charge on any atom is -0.343 e. The van der Waals surface area contributed by atoms with Crippen molar-refractivity contribution in [1.82, 2.24) is 15.3 Å². The molecule has 15 heavy (non-hydrogen) atoms. The lowest BCUT2D eigenvalue weighted by molar-refractivity contribution is -0.130. The van der Waals surface area contributed by atoms with Crippen molar-refractivity contribution >= 4 is 5.91 Å². The van der Waals surface area contributed by atoms with Crippen LogP contribution >= 0.6 is 0 Å². The number of likely N-dealkylation sites (tertiary alicyclic amines) is 1. The van der Waals surface area contributed by atoms with E-state index in [2.05, 4.69) is 5.43 Å². The summed E-state index contributed by atoms with van der Waals surface area (Å²) in [6.07, 6.45) is 5.24. The number of carbonyl (C=O) groups is 1. The van der Waals surface area contributed by atoms with E-state index in [9.17, 15) is 4.79 Å². The summed E-state index contributed by atoms with van der Waals surface area (Å²) < 4.78 is 0. The minimum atomic E-state index is 0.345. The van der Waals surface area contributed by atoms with Gasteiger partial charge in [0.2, 0.25) is 5.91 Å². The predicted octanol–water partition coefficient (Wildman–Crippen LogP) is 0.845. The molecule has 4 heteroatoms. The van der Waals surface area contributed by atoms with Gasteiger partial charge in [0.05, 0.1) is 0 Å². The molecule has 1 aliphatic heterocycles. The largest absolute Gasteiger partial charge is 0.343 e. The lowest BCUT2D eigenvalue weighted by atomic mass is 10.2. The van der Waals surface area contributed by atoms with E-state index in [0.717, 1.165) is 38.9 Å². The van der Waals surface area contributed by atoms with E-state index in [0.29, 0.717) is 5.91 Å². The van der Waals surface area contributed by atoms with Gasteiger partial charge in [0.1, 0.15) is 0 Å². The SMILES string of the molecule is CN(C)NCCCN1CCCCCC1=O. The molecule has 0 aromatic carbocycles. The minimum absolute atomic E-state index is 0.345. The summed E-state index contributed by atoms with van der Waals surface area (Å²) in [5.74, 6) is 0.345. The van der Waals surface area contributed by atoms with Crippen LogP contribution in [0.5, 0.6) is 0 Å². The van der Waals surface area contributed by atoms with Crippen LogP contribution in [0, 0.1) is 0 Å². The molecular formula is C11H23N3O. The zero-order chi connectivity index (χ0) is 11.1. The normalized spacial score (nSPS) is 18.3.